The molecule has 2 amide bonds. The fourth-order valence-corrected chi connectivity index (χ4v) is 3.85. The fraction of sp³-hybridized carbons (Fsp3) is 0.462. The van der Waals surface area contributed by atoms with E-state index in [0.717, 1.165) is 0 Å². The number of anilines is 2. The molecule has 0 atom stereocenters. The molecule has 9 heteroatoms. The van der Waals surface area contributed by atoms with Gasteiger partial charge >= 0.3 is 6.03 Å². The Morgan fingerprint density at radius 2 is 2.23 bits per heavy atom. The number of benzene rings is 1. The Kier molecular flexibility index (Phi) is 5.49. The van der Waals surface area contributed by atoms with E-state index in [1.54, 1.807) is 18.2 Å². The van der Waals surface area contributed by atoms with Crippen molar-refractivity contribution in [2.75, 3.05) is 42.2 Å². The number of urea groups is 1. The molecule has 1 aliphatic rings. The predicted octanol–water partition coefficient (Wildman–Crippen LogP) is 1.65. The molecule has 0 bridgehead atoms. The Morgan fingerprint density at radius 3 is 2.86 bits per heavy atom. The minimum atomic E-state index is -3.27. The number of amides is 2. The molecule has 0 saturated carbocycles. The quantitative estimate of drug-likeness (QED) is 0.793. The van der Waals surface area contributed by atoms with Crippen molar-refractivity contribution in [1.29, 1.82) is 0 Å². The van der Waals surface area contributed by atoms with Gasteiger partial charge in [0, 0.05) is 20.2 Å². The zero-order valence-corrected chi connectivity index (χ0v) is 13.7. The van der Waals surface area contributed by atoms with E-state index in [1.165, 1.54) is 11.4 Å². The number of carbonyl (C=O) groups excluding carboxylic acids is 1. The number of carbonyl (C=O) groups is 1. The summed E-state index contributed by atoms with van der Waals surface area (Å²) in [5.41, 5.74) is 0.852. The molecular weight excluding hydrogens is 330 g/mol. The third kappa shape index (κ3) is 4.02. The average molecular weight is 348 g/mol. The average Bonchev–Trinajstić information content (AvgIpc) is 2.81. The van der Waals surface area contributed by atoms with Crippen LogP contribution in [0.15, 0.2) is 18.2 Å². The molecule has 1 saturated heterocycles. The SMILES string of the molecule is COCCNC(=O)Nc1cc(N2CCCS2(=O)=O)ccc1Cl. The van der Waals surface area contributed by atoms with Crippen molar-refractivity contribution in [2.24, 2.45) is 0 Å². The van der Waals surface area contributed by atoms with E-state index in [1.807, 2.05) is 0 Å². The molecule has 2 rings (SSSR count). The Bertz CT molecular complexity index is 651. The Hall–Kier alpha value is -1.51. The molecule has 1 fully saturated rings. The van der Waals surface area contributed by atoms with Crippen LogP contribution in [0.3, 0.4) is 0 Å². The summed E-state index contributed by atoms with van der Waals surface area (Å²) < 4.78 is 30.0. The molecule has 0 unspecified atom stereocenters. The van der Waals surface area contributed by atoms with Crippen LogP contribution in [0.5, 0.6) is 0 Å². The van der Waals surface area contributed by atoms with E-state index in [9.17, 15) is 13.2 Å². The summed E-state index contributed by atoms with van der Waals surface area (Å²) in [6.07, 6.45) is 0.589. The lowest BCUT2D eigenvalue weighted by Gasteiger charge is -2.18. The van der Waals surface area contributed by atoms with Crippen molar-refractivity contribution in [3.63, 3.8) is 0 Å². The van der Waals surface area contributed by atoms with Gasteiger partial charge in [-0.25, -0.2) is 13.2 Å². The normalized spacial score (nSPS) is 16.5. The van der Waals surface area contributed by atoms with Gasteiger partial charge in [0.25, 0.3) is 0 Å². The molecule has 0 aromatic heterocycles. The molecule has 122 valence electrons. The maximum atomic E-state index is 11.9. The Balaban J connectivity index is 2.12. The van der Waals surface area contributed by atoms with Crippen LogP contribution in [0.4, 0.5) is 16.2 Å². The predicted molar refractivity (Wildman–Crippen MR) is 86.1 cm³/mol. The number of hydrogen-bond donors (Lipinski definition) is 2. The number of methoxy groups -OCH3 is 1. The topological polar surface area (TPSA) is 87.7 Å². The van der Waals surface area contributed by atoms with Crippen LogP contribution in [-0.2, 0) is 14.8 Å². The van der Waals surface area contributed by atoms with Crippen molar-refractivity contribution in [2.45, 2.75) is 6.42 Å². The first-order valence-corrected chi connectivity index (χ1v) is 8.76. The Morgan fingerprint density at radius 1 is 1.45 bits per heavy atom. The summed E-state index contributed by atoms with van der Waals surface area (Å²) in [6.45, 7) is 1.19. The minimum Gasteiger partial charge on any atom is -0.383 e. The summed E-state index contributed by atoms with van der Waals surface area (Å²) >= 11 is 6.04. The molecule has 0 radical (unpaired) electrons. The number of rotatable bonds is 5. The molecule has 0 aliphatic carbocycles. The molecule has 1 aliphatic heterocycles. The summed E-state index contributed by atoms with van der Waals surface area (Å²) in [6, 6.07) is 4.32. The molecule has 1 heterocycles. The molecule has 2 N–H and O–H groups in total. The number of nitrogens with one attached hydrogen (secondary N) is 2. The van der Waals surface area contributed by atoms with E-state index >= 15 is 0 Å². The fourth-order valence-electron chi connectivity index (χ4n) is 2.13. The maximum absolute atomic E-state index is 11.9. The number of hydrogen-bond acceptors (Lipinski definition) is 4. The zero-order valence-electron chi connectivity index (χ0n) is 12.1. The second kappa shape index (κ2) is 7.17. The standard InChI is InChI=1S/C13H18ClN3O4S/c1-21-7-5-15-13(18)16-12-9-10(3-4-11(12)14)17-6-2-8-22(17,19)20/h3-4,9H,2,5-8H2,1H3,(H2,15,16,18). The number of ether oxygens (including phenoxy) is 1. The molecule has 1 aromatic carbocycles. The lowest BCUT2D eigenvalue weighted by atomic mass is 10.2. The maximum Gasteiger partial charge on any atom is 0.319 e. The minimum absolute atomic E-state index is 0.135. The first-order valence-electron chi connectivity index (χ1n) is 6.78. The van der Waals surface area contributed by atoms with Gasteiger partial charge in [-0.05, 0) is 24.6 Å². The second-order valence-corrected chi connectivity index (χ2v) is 7.20. The third-order valence-corrected chi connectivity index (χ3v) is 5.38. The summed E-state index contributed by atoms with van der Waals surface area (Å²) in [7, 11) is -1.73. The highest BCUT2D eigenvalue weighted by molar-refractivity contribution is 7.93. The lowest BCUT2D eigenvalue weighted by molar-refractivity contribution is 0.198. The lowest BCUT2D eigenvalue weighted by Crippen LogP contribution is -2.31. The van der Waals surface area contributed by atoms with Crippen LogP contribution >= 0.6 is 11.6 Å². The van der Waals surface area contributed by atoms with Crippen molar-refractivity contribution < 1.29 is 17.9 Å². The van der Waals surface area contributed by atoms with Gasteiger partial charge in [-0.2, -0.15) is 0 Å². The highest BCUT2D eigenvalue weighted by Crippen LogP contribution is 2.31. The van der Waals surface area contributed by atoms with Crippen LogP contribution in [-0.4, -0.2) is 47.0 Å². The van der Waals surface area contributed by atoms with Crippen LogP contribution in [0.1, 0.15) is 6.42 Å². The molecular formula is C13H18ClN3O4S. The number of halogens is 1. The van der Waals surface area contributed by atoms with E-state index in [-0.39, 0.29) is 5.75 Å². The van der Waals surface area contributed by atoms with Crippen molar-refractivity contribution in [1.82, 2.24) is 5.32 Å². The Labute approximate surface area is 134 Å². The summed E-state index contributed by atoms with van der Waals surface area (Å²) in [4.78, 5) is 11.7. The van der Waals surface area contributed by atoms with Crippen molar-refractivity contribution in [3.8, 4) is 0 Å². The smallest absolute Gasteiger partial charge is 0.319 e. The van der Waals surface area contributed by atoms with Crippen molar-refractivity contribution in [3.05, 3.63) is 23.2 Å². The van der Waals surface area contributed by atoms with Gasteiger partial charge in [0.15, 0.2) is 0 Å². The largest absolute Gasteiger partial charge is 0.383 e. The van der Waals surface area contributed by atoms with E-state index in [2.05, 4.69) is 10.6 Å². The van der Waals surface area contributed by atoms with E-state index in [0.29, 0.717) is 42.5 Å². The molecule has 22 heavy (non-hydrogen) atoms. The summed E-state index contributed by atoms with van der Waals surface area (Å²) in [5.74, 6) is 0.135. The number of nitrogens with zero attached hydrogens (tertiary/aromatic N) is 1. The molecule has 7 nitrogen and oxygen atoms in total. The van der Waals surface area contributed by atoms with Gasteiger partial charge in [-0.15, -0.1) is 0 Å². The van der Waals surface area contributed by atoms with Crippen molar-refractivity contribution >= 4 is 39.0 Å². The highest BCUT2D eigenvalue weighted by atomic mass is 35.5. The molecule has 0 spiro atoms. The first kappa shape index (κ1) is 16.9. The number of sulfonamides is 1. The highest BCUT2D eigenvalue weighted by Gasteiger charge is 2.28. The first-order chi connectivity index (χ1) is 10.4. The van der Waals surface area contributed by atoms with Gasteiger partial charge in [-0.3, -0.25) is 4.31 Å². The van der Waals surface area contributed by atoms with Gasteiger partial charge in [0.1, 0.15) is 0 Å². The van der Waals surface area contributed by atoms with Gasteiger partial charge in [0.2, 0.25) is 10.0 Å². The van der Waals surface area contributed by atoms with Crippen LogP contribution < -0.4 is 14.9 Å². The monoisotopic (exact) mass is 347 g/mol. The van der Waals surface area contributed by atoms with E-state index in [4.69, 9.17) is 16.3 Å². The zero-order chi connectivity index (χ0) is 16.2. The summed E-state index contributed by atoms with van der Waals surface area (Å²) in [5, 5.41) is 5.54. The van der Waals surface area contributed by atoms with Gasteiger partial charge in [0.05, 0.1) is 28.8 Å². The molecule has 1 aromatic rings. The van der Waals surface area contributed by atoms with Gasteiger partial charge < -0.3 is 15.4 Å². The van der Waals surface area contributed by atoms with Crippen LogP contribution in [0, 0.1) is 0 Å². The van der Waals surface area contributed by atoms with Crippen LogP contribution in [0.2, 0.25) is 5.02 Å². The van der Waals surface area contributed by atoms with Gasteiger partial charge in [-0.1, -0.05) is 11.6 Å². The third-order valence-electron chi connectivity index (χ3n) is 3.18. The second-order valence-electron chi connectivity index (χ2n) is 4.78. The van der Waals surface area contributed by atoms with Crippen LogP contribution in [0.25, 0.3) is 0 Å². The van der Waals surface area contributed by atoms with E-state index < -0.39 is 16.1 Å².